The zero-order chi connectivity index (χ0) is 12.8. The summed E-state index contributed by atoms with van der Waals surface area (Å²) in [5.74, 6) is 0. The van der Waals surface area contributed by atoms with Crippen LogP contribution in [0.5, 0.6) is 0 Å². The number of benzene rings is 1. The first kappa shape index (κ1) is 13.4. The molecule has 1 heterocycles. The second-order valence-corrected chi connectivity index (χ2v) is 5.01. The van der Waals surface area contributed by atoms with Crippen LogP contribution < -0.4 is 10.2 Å². The summed E-state index contributed by atoms with van der Waals surface area (Å²) in [5.41, 5.74) is 4.30. The Morgan fingerprint density at radius 2 is 2.22 bits per heavy atom. The molecule has 0 aromatic heterocycles. The minimum atomic E-state index is 0.868. The van der Waals surface area contributed by atoms with Gasteiger partial charge >= 0.3 is 0 Å². The Labute approximate surface area is 110 Å². The molecule has 1 aliphatic rings. The molecule has 0 fully saturated rings. The lowest BCUT2D eigenvalue weighted by atomic mass is 10.1. The maximum atomic E-state index is 5.03. The number of ether oxygens (including phenoxy) is 1. The molecule has 0 aliphatic carbocycles. The van der Waals surface area contributed by atoms with Crippen molar-refractivity contribution >= 4 is 5.69 Å². The summed E-state index contributed by atoms with van der Waals surface area (Å²) < 4.78 is 5.03. The van der Waals surface area contributed by atoms with E-state index in [4.69, 9.17) is 4.74 Å². The number of likely N-dealkylation sites (N-methyl/N-ethyl adjacent to an activating group) is 1. The zero-order valence-corrected chi connectivity index (χ0v) is 11.5. The number of hydrogen-bond acceptors (Lipinski definition) is 3. The molecule has 1 aliphatic heterocycles. The van der Waals surface area contributed by atoms with Gasteiger partial charge in [0.15, 0.2) is 0 Å². The average molecular weight is 248 g/mol. The van der Waals surface area contributed by atoms with Crippen LogP contribution in [0.1, 0.15) is 24.0 Å². The van der Waals surface area contributed by atoms with Crippen molar-refractivity contribution < 1.29 is 4.74 Å². The Bertz CT molecular complexity index is 379. The molecule has 0 radical (unpaired) electrons. The Kier molecular flexibility index (Phi) is 5.02. The van der Waals surface area contributed by atoms with Crippen molar-refractivity contribution in [2.24, 2.45) is 0 Å². The second-order valence-electron chi connectivity index (χ2n) is 5.01. The number of methoxy groups -OCH3 is 1. The van der Waals surface area contributed by atoms with Crippen molar-refractivity contribution in [2.75, 3.05) is 38.8 Å². The van der Waals surface area contributed by atoms with Crippen molar-refractivity contribution in [2.45, 2.75) is 25.8 Å². The number of nitrogens with zero attached hydrogens (tertiary/aromatic N) is 1. The summed E-state index contributed by atoms with van der Waals surface area (Å²) in [5, 5.41) is 3.49. The van der Waals surface area contributed by atoms with Gasteiger partial charge in [0.2, 0.25) is 0 Å². The van der Waals surface area contributed by atoms with E-state index in [1.807, 2.05) is 0 Å². The molecule has 0 amide bonds. The quantitative estimate of drug-likeness (QED) is 0.749. The van der Waals surface area contributed by atoms with Crippen LogP contribution in [0, 0.1) is 0 Å². The molecule has 1 N–H and O–H groups in total. The third kappa shape index (κ3) is 3.47. The van der Waals surface area contributed by atoms with E-state index in [-0.39, 0.29) is 0 Å². The van der Waals surface area contributed by atoms with Crippen molar-refractivity contribution in [3.05, 3.63) is 29.3 Å². The van der Waals surface area contributed by atoms with Gasteiger partial charge < -0.3 is 15.0 Å². The highest BCUT2D eigenvalue weighted by Crippen LogP contribution is 2.27. The molecule has 1 aromatic carbocycles. The zero-order valence-electron chi connectivity index (χ0n) is 11.5. The topological polar surface area (TPSA) is 24.5 Å². The molecule has 100 valence electrons. The lowest BCUT2D eigenvalue weighted by Crippen LogP contribution is -2.15. The number of fused-ring (bicyclic) bond motifs is 1. The second kappa shape index (κ2) is 6.76. The van der Waals surface area contributed by atoms with E-state index in [0.717, 1.165) is 32.7 Å². The lowest BCUT2D eigenvalue weighted by Gasteiger charge is -2.12. The van der Waals surface area contributed by atoms with Gasteiger partial charge in [-0.1, -0.05) is 12.1 Å². The smallest absolute Gasteiger partial charge is 0.0462 e. The highest BCUT2D eigenvalue weighted by Gasteiger charge is 2.15. The van der Waals surface area contributed by atoms with E-state index >= 15 is 0 Å². The van der Waals surface area contributed by atoms with Gasteiger partial charge in [-0.25, -0.2) is 0 Å². The molecule has 0 saturated carbocycles. The highest BCUT2D eigenvalue weighted by molar-refractivity contribution is 5.58. The van der Waals surface area contributed by atoms with Gasteiger partial charge in [0.25, 0.3) is 0 Å². The third-order valence-corrected chi connectivity index (χ3v) is 3.55. The Hall–Kier alpha value is -1.06. The number of hydrogen-bond donors (Lipinski definition) is 1. The minimum absolute atomic E-state index is 0.868. The van der Waals surface area contributed by atoms with Crippen molar-refractivity contribution in [3.63, 3.8) is 0 Å². The van der Waals surface area contributed by atoms with Gasteiger partial charge in [-0.3, -0.25) is 0 Å². The molecule has 18 heavy (non-hydrogen) atoms. The third-order valence-electron chi connectivity index (χ3n) is 3.55. The summed E-state index contributed by atoms with van der Waals surface area (Å²) in [6.45, 7) is 4.07. The molecular formula is C15H24N2O. The van der Waals surface area contributed by atoms with E-state index < -0.39 is 0 Å². The van der Waals surface area contributed by atoms with Crippen LogP contribution in [0.4, 0.5) is 5.69 Å². The molecule has 1 aromatic rings. The van der Waals surface area contributed by atoms with E-state index in [2.05, 4.69) is 35.5 Å². The molecule has 0 atom stereocenters. The molecule has 0 unspecified atom stereocenters. The van der Waals surface area contributed by atoms with Gasteiger partial charge in [-0.2, -0.15) is 0 Å². The van der Waals surface area contributed by atoms with Crippen molar-refractivity contribution in [3.8, 4) is 0 Å². The van der Waals surface area contributed by atoms with Crippen LogP contribution in [0.25, 0.3) is 0 Å². The number of rotatable bonds is 7. The molecule has 0 saturated heterocycles. The van der Waals surface area contributed by atoms with Gasteiger partial charge in [-0.15, -0.1) is 0 Å². The first-order valence-corrected chi connectivity index (χ1v) is 6.84. The average Bonchev–Trinajstić information content (AvgIpc) is 2.75. The summed E-state index contributed by atoms with van der Waals surface area (Å²) >= 11 is 0. The molecule has 3 heteroatoms. The molecule has 2 rings (SSSR count). The van der Waals surface area contributed by atoms with Gasteiger partial charge in [-0.05, 0) is 43.0 Å². The Balaban J connectivity index is 1.74. The summed E-state index contributed by atoms with van der Waals surface area (Å²) in [7, 11) is 3.93. The maximum absolute atomic E-state index is 5.03. The van der Waals surface area contributed by atoms with Crippen molar-refractivity contribution in [1.82, 2.24) is 5.32 Å². The minimum Gasteiger partial charge on any atom is -0.385 e. The largest absolute Gasteiger partial charge is 0.385 e. The fourth-order valence-electron chi connectivity index (χ4n) is 2.46. The van der Waals surface area contributed by atoms with Gasteiger partial charge in [0.05, 0.1) is 0 Å². The fourth-order valence-corrected chi connectivity index (χ4v) is 2.46. The Morgan fingerprint density at radius 1 is 1.33 bits per heavy atom. The van der Waals surface area contributed by atoms with Crippen LogP contribution in [0.15, 0.2) is 18.2 Å². The van der Waals surface area contributed by atoms with Crippen molar-refractivity contribution in [1.29, 1.82) is 0 Å². The first-order valence-electron chi connectivity index (χ1n) is 6.84. The molecule has 0 spiro atoms. The van der Waals surface area contributed by atoms with Crippen LogP contribution in [0.3, 0.4) is 0 Å². The maximum Gasteiger partial charge on any atom is 0.0462 e. The standard InChI is InChI=1S/C15H24N2O/c1-17-9-7-14-11-13(5-6-15(14)17)12-16-8-3-4-10-18-2/h5-6,11,16H,3-4,7-10,12H2,1-2H3. The molecule has 0 bridgehead atoms. The predicted octanol–water partition coefficient (Wildman–Crippen LogP) is 2.20. The van der Waals surface area contributed by atoms with Crippen LogP contribution in [-0.2, 0) is 17.7 Å². The predicted molar refractivity (Wildman–Crippen MR) is 76.2 cm³/mol. The van der Waals surface area contributed by atoms with E-state index in [9.17, 15) is 0 Å². The van der Waals surface area contributed by atoms with Crippen LogP contribution in [-0.4, -0.2) is 33.9 Å². The van der Waals surface area contributed by atoms with Crippen LogP contribution in [0.2, 0.25) is 0 Å². The number of nitrogens with one attached hydrogen (secondary N) is 1. The Morgan fingerprint density at radius 3 is 3.06 bits per heavy atom. The summed E-state index contributed by atoms with van der Waals surface area (Å²) in [6, 6.07) is 6.84. The van der Waals surface area contributed by atoms with E-state index in [1.54, 1.807) is 7.11 Å². The molecular weight excluding hydrogens is 224 g/mol. The lowest BCUT2D eigenvalue weighted by molar-refractivity contribution is 0.192. The first-order chi connectivity index (χ1) is 8.81. The fraction of sp³-hybridized carbons (Fsp3) is 0.600. The summed E-state index contributed by atoms with van der Waals surface area (Å²) in [6.07, 6.45) is 3.51. The molecule has 3 nitrogen and oxygen atoms in total. The van der Waals surface area contributed by atoms with Crippen LogP contribution >= 0.6 is 0 Å². The summed E-state index contributed by atoms with van der Waals surface area (Å²) in [4.78, 5) is 2.33. The highest BCUT2D eigenvalue weighted by atomic mass is 16.5. The van der Waals surface area contributed by atoms with Gasteiger partial charge in [0, 0.05) is 39.5 Å². The van der Waals surface area contributed by atoms with E-state index in [0.29, 0.717) is 0 Å². The number of anilines is 1. The van der Waals surface area contributed by atoms with E-state index in [1.165, 1.54) is 29.7 Å². The normalized spacial score (nSPS) is 14.0. The number of unbranched alkanes of at least 4 members (excludes halogenated alkanes) is 1. The van der Waals surface area contributed by atoms with Gasteiger partial charge in [0.1, 0.15) is 0 Å². The SMILES string of the molecule is COCCCCNCc1ccc2c(c1)CCN2C. The monoisotopic (exact) mass is 248 g/mol.